The fourth-order valence-corrected chi connectivity index (χ4v) is 2.53. The molecule has 0 amide bonds. The van der Waals surface area contributed by atoms with Crippen LogP contribution in [0.25, 0.3) is 0 Å². The lowest BCUT2D eigenvalue weighted by Crippen LogP contribution is -2.48. The summed E-state index contributed by atoms with van der Waals surface area (Å²) in [4.78, 5) is 0. The minimum atomic E-state index is -3.28. The molecule has 5 nitrogen and oxygen atoms in total. The summed E-state index contributed by atoms with van der Waals surface area (Å²) in [6, 6.07) is -0.0622. The third kappa shape index (κ3) is 3.22. The number of rotatable bonds is 3. The maximum atomic E-state index is 11.6. The van der Waals surface area contributed by atoms with Crippen LogP contribution in [0.5, 0.6) is 0 Å². The highest BCUT2D eigenvalue weighted by Crippen LogP contribution is 2.03. The van der Waals surface area contributed by atoms with E-state index in [1.807, 2.05) is 0 Å². The first kappa shape index (κ1) is 10.9. The average molecular weight is 208 g/mol. The Morgan fingerprint density at radius 2 is 1.85 bits per heavy atom. The molecular weight excluding hydrogens is 192 g/mol. The van der Waals surface area contributed by atoms with Crippen molar-refractivity contribution in [3.63, 3.8) is 0 Å². The predicted octanol–water partition coefficient (Wildman–Crippen LogP) is -0.439. The molecule has 0 bridgehead atoms. The summed E-state index contributed by atoms with van der Waals surface area (Å²) in [5, 5.41) is 0. The Bertz CT molecular complexity index is 244. The van der Waals surface area contributed by atoms with Gasteiger partial charge in [0.05, 0.1) is 13.2 Å². The minimum absolute atomic E-state index is 0.0622. The van der Waals surface area contributed by atoms with E-state index in [1.54, 1.807) is 13.8 Å². The normalized spacial score (nSPS) is 20.8. The third-order valence-electron chi connectivity index (χ3n) is 1.69. The first-order chi connectivity index (χ1) is 6.02. The Balaban J connectivity index is 2.57. The molecule has 1 aliphatic heterocycles. The largest absolute Gasteiger partial charge is 0.379 e. The molecule has 0 aromatic rings. The van der Waals surface area contributed by atoms with Crippen molar-refractivity contribution in [2.24, 2.45) is 0 Å². The van der Waals surface area contributed by atoms with Crippen LogP contribution in [0, 0.1) is 0 Å². The summed E-state index contributed by atoms with van der Waals surface area (Å²) < 4.78 is 32.1. The lowest BCUT2D eigenvalue weighted by atomic mass is 10.4. The molecular formula is C7H16N2O3S. The van der Waals surface area contributed by atoms with Crippen molar-refractivity contribution in [3.05, 3.63) is 0 Å². The van der Waals surface area contributed by atoms with Crippen molar-refractivity contribution in [2.45, 2.75) is 19.9 Å². The summed E-state index contributed by atoms with van der Waals surface area (Å²) in [6.07, 6.45) is 0. The van der Waals surface area contributed by atoms with E-state index in [1.165, 1.54) is 4.31 Å². The Kier molecular flexibility index (Phi) is 3.66. The van der Waals surface area contributed by atoms with Crippen LogP contribution in [0.4, 0.5) is 0 Å². The second-order valence-electron chi connectivity index (χ2n) is 3.29. The number of morpholine rings is 1. The van der Waals surface area contributed by atoms with Crippen LogP contribution in [-0.2, 0) is 14.9 Å². The number of nitrogens with one attached hydrogen (secondary N) is 1. The standard InChI is InChI=1S/C7H16N2O3S/c1-7(2)8-13(10,11)9-3-5-12-6-4-9/h7-8H,3-6H2,1-2H3. The molecule has 1 aliphatic rings. The van der Waals surface area contributed by atoms with E-state index in [9.17, 15) is 8.42 Å². The van der Waals surface area contributed by atoms with Gasteiger partial charge in [-0.3, -0.25) is 0 Å². The smallest absolute Gasteiger partial charge is 0.279 e. The van der Waals surface area contributed by atoms with Gasteiger partial charge in [0.25, 0.3) is 10.2 Å². The van der Waals surface area contributed by atoms with Crippen LogP contribution in [0.3, 0.4) is 0 Å². The molecule has 13 heavy (non-hydrogen) atoms. The fraction of sp³-hybridized carbons (Fsp3) is 1.00. The Morgan fingerprint density at radius 3 is 2.31 bits per heavy atom. The van der Waals surface area contributed by atoms with Crippen molar-refractivity contribution < 1.29 is 13.2 Å². The van der Waals surface area contributed by atoms with Gasteiger partial charge in [0.15, 0.2) is 0 Å². The predicted molar refractivity (Wildman–Crippen MR) is 49.6 cm³/mol. The highest BCUT2D eigenvalue weighted by Gasteiger charge is 2.24. The van der Waals surface area contributed by atoms with Gasteiger partial charge in [-0.1, -0.05) is 0 Å². The summed E-state index contributed by atoms with van der Waals surface area (Å²) in [7, 11) is -3.28. The maximum Gasteiger partial charge on any atom is 0.279 e. The minimum Gasteiger partial charge on any atom is -0.379 e. The SMILES string of the molecule is CC(C)NS(=O)(=O)N1CCOCC1. The van der Waals surface area contributed by atoms with Crippen LogP contribution in [0.15, 0.2) is 0 Å². The monoisotopic (exact) mass is 208 g/mol. The van der Waals surface area contributed by atoms with Gasteiger partial charge in [-0.05, 0) is 13.8 Å². The molecule has 0 atom stereocenters. The van der Waals surface area contributed by atoms with Gasteiger partial charge in [0.2, 0.25) is 0 Å². The average Bonchev–Trinajstić information content (AvgIpc) is 2.04. The van der Waals surface area contributed by atoms with E-state index in [4.69, 9.17) is 4.74 Å². The van der Waals surface area contributed by atoms with Crippen LogP contribution in [0.1, 0.15) is 13.8 Å². The van der Waals surface area contributed by atoms with Gasteiger partial charge in [0.1, 0.15) is 0 Å². The van der Waals surface area contributed by atoms with E-state index in [2.05, 4.69) is 4.72 Å². The zero-order valence-corrected chi connectivity index (χ0v) is 8.80. The molecule has 1 rings (SSSR count). The van der Waals surface area contributed by atoms with Crippen molar-refractivity contribution in [3.8, 4) is 0 Å². The molecule has 1 fully saturated rings. The molecule has 6 heteroatoms. The lowest BCUT2D eigenvalue weighted by molar-refractivity contribution is 0.0724. The van der Waals surface area contributed by atoms with Crippen LogP contribution >= 0.6 is 0 Å². The molecule has 0 spiro atoms. The van der Waals surface area contributed by atoms with Crippen molar-refractivity contribution >= 4 is 10.2 Å². The number of hydrogen-bond acceptors (Lipinski definition) is 3. The molecule has 0 saturated carbocycles. The Labute approximate surface area is 79.2 Å². The molecule has 0 aliphatic carbocycles. The molecule has 0 aromatic heterocycles. The maximum absolute atomic E-state index is 11.6. The quantitative estimate of drug-likeness (QED) is 0.684. The van der Waals surface area contributed by atoms with E-state index in [-0.39, 0.29) is 6.04 Å². The van der Waals surface area contributed by atoms with Gasteiger partial charge in [0, 0.05) is 19.1 Å². The molecule has 1 N–H and O–H groups in total. The third-order valence-corrected chi connectivity index (χ3v) is 3.51. The fourth-order valence-electron chi connectivity index (χ4n) is 1.16. The lowest BCUT2D eigenvalue weighted by Gasteiger charge is -2.26. The Morgan fingerprint density at radius 1 is 1.31 bits per heavy atom. The zero-order valence-electron chi connectivity index (χ0n) is 7.99. The highest BCUT2D eigenvalue weighted by atomic mass is 32.2. The van der Waals surface area contributed by atoms with E-state index in [0.717, 1.165) is 0 Å². The zero-order chi connectivity index (χ0) is 9.90. The first-order valence-corrected chi connectivity index (χ1v) is 5.81. The topological polar surface area (TPSA) is 58.6 Å². The summed E-state index contributed by atoms with van der Waals surface area (Å²) in [5.74, 6) is 0. The summed E-state index contributed by atoms with van der Waals surface area (Å²) in [6.45, 7) is 5.47. The summed E-state index contributed by atoms with van der Waals surface area (Å²) in [5.41, 5.74) is 0. The van der Waals surface area contributed by atoms with E-state index >= 15 is 0 Å². The van der Waals surface area contributed by atoms with E-state index < -0.39 is 10.2 Å². The molecule has 1 saturated heterocycles. The highest BCUT2D eigenvalue weighted by molar-refractivity contribution is 7.87. The van der Waals surface area contributed by atoms with Crippen LogP contribution < -0.4 is 4.72 Å². The van der Waals surface area contributed by atoms with Gasteiger partial charge >= 0.3 is 0 Å². The molecule has 0 unspecified atom stereocenters. The molecule has 0 aromatic carbocycles. The van der Waals surface area contributed by atoms with Crippen molar-refractivity contribution in [1.29, 1.82) is 0 Å². The number of hydrogen-bond donors (Lipinski definition) is 1. The van der Waals surface area contributed by atoms with Crippen LogP contribution in [-0.4, -0.2) is 45.1 Å². The van der Waals surface area contributed by atoms with Gasteiger partial charge in [-0.25, -0.2) is 0 Å². The van der Waals surface area contributed by atoms with Crippen molar-refractivity contribution in [2.75, 3.05) is 26.3 Å². The van der Waals surface area contributed by atoms with Gasteiger partial charge < -0.3 is 4.74 Å². The number of ether oxygens (including phenoxy) is 1. The molecule has 1 heterocycles. The van der Waals surface area contributed by atoms with Crippen molar-refractivity contribution in [1.82, 2.24) is 9.03 Å². The van der Waals surface area contributed by atoms with Gasteiger partial charge in [-0.2, -0.15) is 17.4 Å². The number of nitrogens with zero attached hydrogens (tertiary/aromatic N) is 1. The molecule has 78 valence electrons. The second kappa shape index (κ2) is 4.36. The van der Waals surface area contributed by atoms with Crippen LogP contribution in [0.2, 0.25) is 0 Å². The Hall–Kier alpha value is -0.170. The molecule has 0 radical (unpaired) electrons. The summed E-state index contributed by atoms with van der Waals surface area (Å²) >= 11 is 0. The second-order valence-corrected chi connectivity index (χ2v) is 4.99. The van der Waals surface area contributed by atoms with E-state index in [0.29, 0.717) is 26.3 Å². The van der Waals surface area contributed by atoms with Gasteiger partial charge in [-0.15, -0.1) is 0 Å². The first-order valence-electron chi connectivity index (χ1n) is 4.37.